The molecule has 0 aromatic rings. The molecular formula is C23H32O5. The number of hydrogen-bond donors (Lipinski definition) is 3. The number of terminal acetylenes is 1. The minimum atomic E-state index is -1.27. The van der Waals surface area contributed by atoms with E-state index in [0.29, 0.717) is 25.7 Å². The molecule has 0 aromatic carbocycles. The fourth-order valence-electron chi connectivity index (χ4n) is 7.39. The summed E-state index contributed by atoms with van der Waals surface area (Å²) >= 11 is 0. The standard InChI is InChI=1S/C23H32O5/c1-5-23(27)9-7-16-18-15(20(26)28-4)11-13-10-14(24)6-8-21(13,2)19(18)17(25)12-22(16,23)3/h1,11,14-19,24-25,27H,6-10,12H2,2-4H3/t14-,15+,16-,17+,18-,19?,21-,22-,23?/m0/s1. The molecule has 0 aliphatic heterocycles. The van der Waals surface area contributed by atoms with Gasteiger partial charge in [0.2, 0.25) is 0 Å². The molecule has 9 atom stereocenters. The lowest BCUT2D eigenvalue weighted by Crippen LogP contribution is -2.62. The third-order valence-electron chi connectivity index (χ3n) is 8.94. The predicted molar refractivity (Wildman–Crippen MR) is 104 cm³/mol. The average Bonchev–Trinajstić information content (AvgIpc) is 2.92. The summed E-state index contributed by atoms with van der Waals surface area (Å²) in [5.74, 6) is 1.61. The highest BCUT2D eigenvalue weighted by molar-refractivity contribution is 5.75. The van der Waals surface area contributed by atoms with Crippen LogP contribution in [0.1, 0.15) is 52.4 Å². The number of methoxy groups -OCH3 is 1. The van der Waals surface area contributed by atoms with Gasteiger partial charge in [-0.3, -0.25) is 4.79 Å². The van der Waals surface area contributed by atoms with Crippen molar-refractivity contribution >= 4 is 5.97 Å². The van der Waals surface area contributed by atoms with E-state index >= 15 is 0 Å². The molecule has 3 saturated carbocycles. The third kappa shape index (κ3) is 2.41. The summed E-state index contributed by atoms with van der Waals surface area (Å²) in [6, 6.07) is 0. The Morgan fingerprint density at radius 1 is 1.29 bits per heavy atom. The second-order valence-corrected chi connectivity index (χ2v) is 10.00. The second-order valence-electron chi connectivity index (χ2n) is 10.00. The second kappa shape index (κ2) is 6.32. The van der Waals surface area contributed by atoms with Gasteiger partial charge < -0.3 is 20.1 Å². The highest BCUT2D eigenvalue weighted by Gasteiger charge is 2.68. The average molecular weight is 389 g/mol. The van der Waals surface area contributed by atoms with Crippen molar-refractivity contribution in [2.45, 2.75) is 70.2 Å². The van der Waals surface area contributed by atoms with Gasteiger partial charge in [0, 0.05) is 5.41 Å². The molecule has 28 heavy (non-hydrogen) atoms. The first-order valence-electron chi connectivity index (χ1n) is 10.5. The van der Waals surface area contributed by atoms with Crippen LogP contribution < -0.4 is 0 Å². The molecule has 3 fully saturated rings. The highest BCUT2D eigenvalue weighted by atomic mass is 16.5. The van der Waals surface area contributed by atoms with E-state index in [1.807, 2.05) is 13.0 Å². The molecule has 4 aliphatic carbocycles. The van der Waals surface area contributed by atoms with E-state index in [9.17, 15) is 20.1 Å². The molecule has 0 amide bonds. The first kappa shape index (κ1) is 19.9. The van der Waals surface area contributed by atoms with Gasteiger partial charge in [0.25, 0.3) is 0 Å². The number of esters is 1. The Balaban J connectivity index is 1.86. The number of hydrogen-bond acceptors (Lipinski definition) is 5. The molecule has 5 nitrogen and oxygen atoms in total. The largest absolute Gasteiger partial charge is 0.469 e. The topological polar surface area (TPSA) is 87.0 Å². The van der Waals surface area contributed by atoms with Crippen LogP contribution in [0.4, 0.5) is 0 Å². The van der Waals surface area contributed by atoms with E-state index in [1.54, 1.807) is 0 Å². The lowest BCUT2D eigenvalue weighted by Gasteiger charge is -2.61. The van der Waals surface area contributed by atoms with E-state index in [-0.39, 0.29) is 29.1 Å². The summed E-state index contributed by atoms with van der Waals surface area (Å²) in [5, 5.41) is 32.8. The summed E-state index contributed by atoms with van der Waals surface area (Å²) in [6.45, 7) is 4.15. The number of fused-ring (bicyclic) bond motifs is 5. The lowest BCUT2D eigenvalue weighted by molar-refractivity contribution is -0.176. The molecule has 4 aliphatic rings. The molecule has 0 saturated heterocycles. The van der Waals surface area contributed by atoms with Crippen LogP contribution in [0, 0.1) is 46.8 Å². The minimum Gasteiger partial charge on any atom is -0.469 e. The Kier molecular flexibility index (Phi) is 4.50. The number of rotatable bonds is 1. The van der Waals surface area contributed by atoms with E-state index in [1.165, 1.54) is 7.11 Å². The van der Waals surface area contributed by atoms with Gasteiger partial charge in [0.05, 0.1) is 25.2 Å². The van der Waals surface area contributed by atoms with Crippen LogP contribution in [0.25, 0.3) is 0 Å². The van der Waals surface area contributed by atoms with Gasteiger partial charge in [-0.15, -0.1) is 6.42 Å². The minimum absolute atomic E-state index is 0.0347. The molecule has 154 valence electrons. The normalized spacial score (nSPS) is 52.5. The molecule has 5 heteroatoms. The number of carbonyl (C=O) groups excluding carboxylic acids is 1. The number of carbonyl (C=O) groups is 1. The first-order valence-corrected chi connectivity index (χ1v) is 10.5. The van der Waals surface area contributed by atoms with Crippen molar-refractivity contribution in [3.63, 3.8) is 0 Å². The van der Waals surface area contributed by atoms with Crippen LogP contribution in [-0.4, -0.2) is 46.2 Å². The maximum absolute atomic E-state index is 12.8. The summed E-state index contributed by atoms with van der Waals surface area (Å²) in [7, 11) is 1.39. The summed E-state index contributed by atoms with van der Waals surface area (Å²) in [4.78, 5) is 12.8. The number of ether oxygens (including phenoxy) is 1. The summed E-state index contributed by atoms with van der Waals surface area (Å²) < 4.78 is 5.14. The fourth-order valence-corrected chi connectivity index (χ4v) is 7.39. The predicted octanol–water partition coefficient (Wildman–Crippen LogP) is 2.04. The van der Waals surface area contributed by atoms with E-state index in [0.717, 1.165) is 18.4 Å². The van der Waals surface area contributed by atoms with Crippen molar-refractivity contribution in [1.29, 1.82) is 0 Å². The molecule has 0 spiro atoms. The summed E-state index contributed by atoms with van der Waals surface area (Å²) in [6.07, 6.45) is 10.3. The Bertz CT molecular complexity index is 753. The van der Waals surface area contributed by atoms with Crippen molar-refractivity contribution in [2.75, 3.05) is 7.11 Å². The Morgan fingerprint density at radius 2 is 2.00 bits per heavy atom. The van der Waals surface area contributed by atoms with Gasteiger partial charge in [-0.1, -0.05) is 31.4 Å². The van der Waals surface area contributed by atoms with Gasteiger partial charge in [-0.05, 0) is 61.7 Å². The van der Waals surface area contributed by atoms with Gasteiger partial charge in [0.1, 0.15) is 5.60 Å². The molecule has 0 radical (unpaired) electrons. The monoisotopic (exact) mass is 388 g/mol. The molecule has 0 aromatic heterocycles. The van der Waals surface area contributed by atoms with Crippen LogP contribution >= 0.6 is 0 Å². The van der Waals surface area contributed by atoms with Gasteiger partial charge in [-0.25, -0.2) is 0 Å². The zero-order valence-electron chi connectivity index (χ0n) is 17.0. The van der Waals surface area contributed by atoms with Crippen molar-refractivity contribution in [2.24, 2.45) is 34.5 Å². The van der Waals surface area contributed by atoms with Crippen LogP contribution in [-0.2, 0) is 9.53 Å². The van der Waals surface area contributed by atoms with Gasteiger partial charge in [-0.2, -0.15) is 0 Å². The van der Waals surface area contributed by atoms with Crippen molar-refractivity contribution in [3.05, 3.63) is 11.6 Å². The first-order chi connectivity index (χ1) is 13.1. The lowest BCUT2D eigenvalue weighted by atomic mass is 9.44. The van der Waals surface area contributed by atoms with Crippen molar-refractivity contribution < 1.29 is 24.9 Å². The summed E-state index contributed by atoms with van der Waals surface area (Å²) in [5.41, 5.74) is -1.09. The Hall–Kier alpha value is -1.35. The Labute approximate surface area is 167 Å². The molecule has 3 N–H and O–H groups in total. The smallest absolute Gasteiger partial charge is 0.312 e. The fraction of sp³-hybridized carbons (Fsp3) is 0.783. The van der Waals surface area contributed by atoms with Gasteiger partial charge in [0.15, 0.2) is 0 Å². The van der Waals surface area contributed by atoms with E-state index in [2.05, 4.69) is 12.8 Å². The van der Waals surface area contributed by atoms with Crippen LogP contribution in [0.2, 0.25) is 0 Å². The van der Waals surface area contributed by atoms with Crippen LogP contribution in [0.5, 0.6) is 0 Å². The zero-order valence-corrected chi connectivity index (χ0v) is 17.0. The highest BCUT2D eigenvalue weighted by Crippen LogP contribution is 2.68. The molecule has 0 heterocycles. The van der Waals surface area contributed by atoms with E-state index in [4.69, 9.17) is 11.2 Å². The Morgan fingerprint density at radius 3 is 2.64 bits per heavy atom. The zero-order chi connectivity index (χ0) is 20.5. The maximum atomic E-state index is 12.8. The number of aliphatic hydroxyl groups excluding tert-OH is 2. The molecular weight excluding hydrogens is 356 g/mol. The van der Waals surface area contributed by atoms with Crippen molar-refractivity contribution in [3.8, 4) is 12.3 Å². The SMILES string of the molecule is C#CC1(O)CC[C@H]2[C@H]3C([C@H](O)C[C@@]21C)[C@@]1(C)CC[C@H](O)CC1=C[C@H]3C(=O)OC. The maximum Gasteiger partial charge on any atom is 0.312 e. The molecule has 4 rings (SSSR count). The van der Waals surface area contributed by atoms with E-state index < -0.39 is 29.1 Å². The van der Waals surface area contributed by atoms with Crippen LogP contribution in [0.3, 0.4) is 0 Å². The van der Waals surface area contributed by atoms with Gasteiger partial charge >= 0.3 is 5.97 Å². The number of aliphatic hydroxyl groups is 3. The van der Waals surface area contributed by atoms with Crippen LogP contribution in [0.15, 0.2) is 11.6 Å². The third-order valence-corrected chi connectivity index (χ3v) is 8.94. The molecule has 0 bridgehead atoms. The van der Waals surface area contributed by atoms with Crippen molar-refractivity contribution in [1.82, 2.24) is 0 Å². The quantitative estimate of drug-likeness (QED) is 0.364. The molecule has 2 unspecified atom stereocenters.